The van der Waals surface area contributed by atoms with Crippen molar-refractivity contribution in [1.29, 1.82) is 0 Å². The molecule has 5 heteroatoms. The fourth-order valence-electron chi connectivity index (χ4n) is 2.88. The summed E-state index contributed by atoms with van der Waals surface area (Å²) in [6.07, 6.45) is 7.56. The minimum atomic E-state index is -0.216. The summed E-state index contributed by atoms with van der Waals surface area (Å²) in [5.41, 5.74) is 2.69. The summed E-state index contributed by atoms with van der Waals surface area (Å²) in [6.45, 7) is 4.09. The lowest BCUT2D eigenvalue weighted by atomic mass is 10.1. The number of nitrogens with zero attached hydrogens (tertiary/aromatic N) is 2. The molecule has 26 heavy (non-hydrogen) atoms. The molecule has 0 saturated heterocycles. The van der Waals surface area contributed by atoms with Gasteiger partial charge in [0.15, 0.2) is 0 Å². The van der Waals surface area contributed by atoms with E-state index in [1.54, 1.807) is 6.20 Å². The second kappa shape index (κ2) is 8.61. The first-order valence-corrected chi connectivity index (χ1v) is 9.21. The number of oxazole rings is 1. The van der Waals surface area contributed by atoms with Crippen LogP contribution in [-0.4, -0.2) is 15.9 Å². The fourth-order valence-corrected chi connectivity index (χ4v) is 2.88. The maximum atomic E-state index is 12.3. The highest BCUT2D eigenvalue weighted by Crippen LogP contribution is 2.34. The van der Waals surface area contributed by atoms with Crippen LogP contribution in [0.1, 0.15) is 51.0 Å². The predicted molar refractivity (Wildman–Crippen MR) is 101 cm³/mol. The number of fused-ring (bicyclic) bond motifs is 1. The van der Waals surface area contributed by atoms with Crippen molar-refractivity contribution in [3.05, 3.63) is 42.1 Å². The molecule has 0 aliphatic rings. The van der Waals surface area contributed by atoms with Crippen molar-refractivity contribution in [1.82, 2.24) is 9.97 Å². The van der Waals surface area contributed by atoms with Crippen LogP contribution in [0.15, 0.2) is 40.9 Å². The van der Waals surface area contributed by atoms with E-state index in [1.165, 1.54) is 12.8 Å². The first kappa shape index (κ1) is 18.1. The second-order valence-corrected chi connectivity index (χ2v) is 6.44. The second-order valence-electron chi connectivity index (χ2n) is 6.44. The van der Waals surface area contributed by atoms with Crippen LogP contribution in [-0.2, 0) is 4.79 Å². The van der Waals surface area contributed by atoms with Crippen LogP contribution in [0.2, 0.25) is 0 Å². The van der Waals surface area contributed by atoms with Gasteiger partial charge in [0, 0.05) is 12.6 Å². The number of para-hydroxylation sites is 1. The monoisotopic (exact) mass is 352 g/mol. The molecule has 2 heterocycles. The smallest absolute Gasteiger partial charge is 0.311 e. The molecule has 0 amide bonds. The van der Waals surface area contributed by atoms with E-state index in [2.05, 4.69) is 16.9 Å². The Morgan fingerprint density at radius 3 is 2.77 bits per heavy atom. The topological polar surface area (TPSA) is 65.2 Å². The van der Waals surface area contributed by atoms with Gasteiger partial charge in [-0.25, -0.2) is 9.97 Å². The van der Waals surface area contributed by atoms with Crippen LogP contribution >= 0.6 is 0 Å². The van der Waals surface area contributed by atoms with E-state index >= 15 is 0 Å². The van der Waals surface area contributed by atoms with E-state index in [9.17, 15) is 4.79 Å². The number of hydrogen-bond acceptors (Lipinski definition) is 5. The molecule has 0 spiro atoms. The van der Waals surface area contributed by atoms with Crippen molar-refractivity contribution in [2.24, 2.45) is 0 Å². The molecule has 0 N–H and O–H groups in total. The van der Waals surface area contributed by atoms with Crippen molar-refractivity contribution in [3.63, 3.8) is 0 Å². The van der Waals surface area contributed by atoms with E-state index < -0.39 is 0 Å². The molecule has 1 aromatic carbocycles. The largest absolute Gasteiger partial charge is 0.425 e. The summed E-state index contributed by atoms with van der Waals surface area (Å²) in [5, 5.41) is 0. The van der Waals surface area contributed by atoms with E-state index in [0.717, 1.165) is 24.8 Å². The minimum absolute atomic E-state index is 0.216. The standard InChI is InChI=1S/C21H24N2O3/c1-3-4-5-6-7-13-18(24)25-19-15(2)10-8-11-16(19)20-23-17-12-9-14-22-21(17)26-20/h8-12,14H,3-7,13H2,1-2H3. The number of rotatable bonds is 8. The zero-order chi connectivity index (χ0) is 18.4. The van der Waals surface area contributed by atoms with Gasteiger partial charge in [0.2, 0.25) is 11.6 Å². The van der Waals surface area contributed by atoms with Crippen LogP contribution in [0.5, 0.6) is 5.75 Å². The molecule has 5 nitrogen and oxygen atoms in total. The number of esters is 1. The van der Waals surface area contributed by atoms with Gasteiger partial charge in [0.25, 0.3) is 0 Å². The number of unbranched alkanes of at least 4 members (excludes halogenated alkanes) is 4. The van der Waals surface area contributed by atoms with Gasteiger partial charge in [-0.1, -0.05) is 44.7 Å². The van der Waals surface area contributed by atoms with Gasteiger partial charge >= 0.3 is 5.97 Å². The number of carbonyl (C=O) groups excluding carboxylic acids is 1. The van der Waals surface area contributed by atoms with Gasteiger partial charge in [-0.15, -0.1) is 0 Å². The lowest BCUT2D eigenvalue weighted by Gasteiger charge is -2.10. The molecule has 136 valence electrons. The highest BCUT2D eigenvalue weighted by atomic mass is 16.5. The summed E-state index contributed by atoms with van der Waals surface area (Å²) < 4.78 is 11.4. The Morgan fingerprint density at radius 1 is 1.12 bits per heavy atom. The first-order valence-electron chi connectivity index (χ1n) is 9.21. The zero-order valence-electron chi connectivity index (χ0n) is 15.3. The van der Waals surface area contributed by atoms with E-state index in [4.69, 9.17) is 9.15 Å². The molecule has 0 fully saturated rings. The van der Waals surface area contributed by atoms with Crippen molar-refractivity contribution in [2.45, 2.75) is 52.4 Å². The maximum absolute atomic E-state index is 12.3. The normalized spacial score (nSPS) is 11.0. The Hall–Kier alpha value is -2.69. The van der Waals surface area contributed by atoms with Crippen molar-refractivity contribution >= 4 is 17.2 Å². The molecule has 0 unspecified atom stereocenters. The third kappa shape index (κ3) is 4.28. The Morgan fingerprint density at radius 2 is 1.96 bits per heavy atom. The highest BCUT2D eigenvalue weighted by molar-refractivity contribution is 5.79. The molecule has 0 aliphatic heterocycles. The number of ether oxygens (including phenoxy) is 1. The third-order valence-corrected chi connectivity index (χ3v) is 4.31. The van der Waals surface area contributed by atoms with Crippen LogP contribution in [0.3, 0.4) is 0 Å². The lowest BCUT2D eigenvalue weighted by Crippen LogP contribution is -2.09. The summed E-state index contributed by atoms with van der Waals surface area (Å²) in [7, 11) is 0. The van der Waals surface area contributed by atoms with Crippen molar-refractivity contribution in [3.8, 4) is 17.2 Å². The average molecular weight is 352 g/mol. The van der Waals surface area contributed by atoms with E-state index in [1.807, 2.05) is 37.3 Å². The predicted octanol–water partition coefficient (Wildman–Crippen LogP) is 5.46. The van der Waals surface area contributed by atoms with Gasteiger partial charge in [-0.05, 0) is 37.1 Å². The van der Waals surface area contributed by atoms with Gasteiger partial charge in [0.05, 0.1) is 5.56 Å². The first-order chi connectivity index (χ1) is 12.7. The summed E-state index contributed by atoms with van der Waals surface area (Å²) in [4.78, 5) is 20.9. The number of hydrogen-bond donors (Lipinski definition) is 0. The van der Waals surface area contributed by atoms with Crippen LogP contribution in [0.25, 0.3) is 22.7 Å². The van der Waals surface area contributed by atoms with Gasteiger partial charge in [-0.3, -0.25) is 4.79 Å². The number of carbonyl (C=O) groups is 1. The third-order valence-electron chi connectivity index (χ3n) is 4.31. The number of aromatic nitrogens is 2. The molecule has 0 radical (unpaired) electrons. The zero-order valence-corrected chi connectivity index (χ0v) is 15.3. The Bertz CT molecular complexity index is 853. The summed E-state index contributed by atoms with van der Waals surface area (Å²) >= 11 is 0. The quantitative estimate of drug-likeness (QED) is 0.306. The molecule has 3 aromatic rings. The van der Waals surface area contributed by atoms with Crippen LogP contribution < -0.4 is 4.74 Å². The molecular weight excluding hydrogens is 328 g/mol. The summed E-state index contributed by atoms with van der Waals surface area (Å²) in [5.74, 6) is 0.706. The van der Waals surface area contributed by atoms with Crippen LogP contribution in [0.4, 0.5) is 0 Å². The number of pyridine rings is 1. The molecule has 0 saturated carbocycles. The van der Waals surface area contributed by atoms with Gasteiger partial charge < -0.3 is 9.15 Å². The molecule has 2 aromatic heterocycles. The fraction of sp³-hybridized carbons (Fsp3) is 0.381. The molecule has 0 atom stereocenters. The SMILES string of the molecule is CCCCCCCC(=O)Oc1c(C)cccc1-c1nc2cccnc2o1. The maximum Gasteiger partial charge on any atom is 0.311 e. The number of aryl methyl sites for hydroxylation is 1. The Kier molecular flexibility index (Phi) is 6.00. The highest BCUT2D eigenvalue weighted by Gasteiger charge is 2.18. The van der Waals surface area contributed by atoms with E-state index in [-0.39, 0.29) is 5.97 Å². The van der Waals surface area contributed by atoms with E-state index in [0.29, 0.717) is 34.9 Å². The Labute approximate surface area is 153 Å². The molecule has 0 bridgehead atoms. The Balaban J connectivity index is 1.76. The van der Waals surface area contributed by atoms with Crippen molar-refractivity contribution in [2.75, 3.05) is 0 Å². The number of benzene rings is 1. The van der Waals surface area contributed by atoms with Gasteiger partial charge in [-0.2, -0.15) is 0 Å². The molecular formula is C21H24N2O3. The van der Waals surface area contributed by atoms with Crippen molar-refractivity contribution < 1.29 is 13.9 Å². The summed E-state index contributed by atoms with van der Waals surface area (Å²) in [6, 6.07) is 9.31. The molecule has 0 aliphatic carbocycles. The van der Waals surface area contributed by atoms with Gasteiger partial charge in [0.1, 0.15) is 11.3 Å². The minimum Gasteiger partial charge on any atom is -0.425 e. The lowest BCUT2D eigenvalue weighted by molar-refractivity contribution is -0.134. The average Bonchev–Trinajstić information content (AvgIpc) is 3.07. The molecule has 3 rings (SSSR count). The van der Waals surface area contributed by atoms with Crippen LogP contribution in [0, 0.1) is 6.92 Å².